The van der Waals surface area contributed by atoms with Crippen LogP contribution >= 0.6 is 0 Å². The molecule has 112 valence electrons. The third kappa shape index (κ3) is 1.09. The largest absolute Gasteiger partial charge is 0.361 e. The van der Waals surface area contributed by atoms with E-state index < -0.39 is 29.0 Å². The number of para-hydroxylation sites is 1. The van der Waals surface area contributed by atoms with E-state index in [9.17, 15) is 14.4 Å². The summed E-state index contributed by atoms with van der Waals surface area (Å²) < 4.78 is 5.92. The zero-order valence-corrected chi connectivity index (χ0v) is 12.1. The number of anilines is 1. The van der Waals surface area contributed by atoms with Crippen LogP contribution in [0.4, 0.5) is 5.69 Å². The van der Waals surface area contributed by atoms with Crippen molar-refractivity contribution in [3.05, 3.63) is 30.3 Å². The molecule has 22 heavy (non-hydrogen) atoms. The Morgan fingerprint density at radius 2 is 1.77 bits per heavy atom. The maximum atomic E-state index is 12.9. The molecule has 5 rings (SSSR count). The molecule has 4 fully saturated rings. The highest BCUT2D eigenvalue weighted by Crippen LogP contribution is 2.71. The maximum Gasteiger partial charge on any atom is 0.240 e. The molecular weight excluding hydrogens is 282 g/mol. The lowest BCUT2D eigenvalue weighted by atomic mass is 9.65. The number of amides is 2. The number of ether oxygens (including phenoxy) is 1. The summed E-state index contributed by atoms with van der Waals surface area (Å²) in [7, 11) is 0. The number of carbonyl (C=O) groups is 3. The van der Waals surface area contributed by atoms with Gasteiger partial charge >= 0.3 is 0 Å². The van der Waals surface area contributed by atoms with Gasteiger partial charge < -0.3 is 4.74 Å². The highest BCUT2D eigenvalue weighted by Gasteiger charge is 2.83. The summed E-state index contributed by atoms with van der Waals surface area (Å²) in [6, 6.07) is 8.92. The molecule has 2 amide bonds. The Bertz CT molecular complexity index is 738. The van der Waals surface area contributed by atoms with Crippen LogP contribution in [0.5, 0.6) is 0 Å². The Kier molecular flexibility index (Phi) is 1.98. The molecule has 1 spiro atoms. The van der Waals surface area contributed by atoms with Gasteiger partial charge in [-0.2, -0.15) is 0 Å². The topological polar surface area (TPSA) is 63.7 Å². The number of Topliss-reactive ketones (excluding diaryl/α,β-unsaturated/α-hetero) is 1. The fourth-order valence-corrected chi connectivity index (χ4v) is 4.83. The van der Waals surface area contributed by atoms with Gasteiger partial charge in [-0.25, -0.2) is 4.90 Å². The first-order valence-electron chi connectivity index (χ1n) is 7.66. The summed E-state index contributed by atoms with van der Waals surface area (Å²) in [4.78, 5) is 39.5. The molecule has 1 aliphatic carbocycles. The summed E-state index contributed by atoms with van der Waals surface area (Å²) >= 11 is 0. The standard InChI is InChI=1S/C17H15NO4/c1-16-11-10(12(22-16)13(19)17(16)7-8-17)14(20)18(15(11)21)9-5-3-2-4-6-9/h2-6,10-12H,7-8H2,1H3/t10-,11-,12-,16+/m1/s1. The summed E-state index contributed by atoms with van der Waals surface area (Å²) in [6.45, 7) is 1.85. The van der Waals surface area contributed by atoms with E-state index in [1.165, 1.54) is 4.90 Å². The van der Waals surface area contributed by atoms with Crippen LogP contribution in [0.1, 0.15) is 19.8 Å². The van der Waals surface area contributed by atoms with E-state index in [1.807, 2.05) is 13.0 Å². The van der Waals surface area contributed by atoms with Crippen LogP contribution in [0.25, 0.3) is 0 Å². The predicted molar refractivity (Wildman–Crippen MR) is 75.9 cm³/mol. The van der Waals surface area contributed by atoms with E-state index in [0.29, 0.717) is 5.69 Å². The first kappa shape index (κ1) is 12.5. The Hall–Kier alpha value is -2.01. The molecule has 5 heteroatoms. The van der Waals surface area contributed by atoms with Crippen molar-refractivity contribution in [2.45, 2.75) is 31.5 Å². The molecule has 0 radical (unpaired) electrons. The average molecular weight is 297 g/mol. The lowest BCUT2D eigenvalue weighted by molar-refractivity contribution is -0.133. The van der Waals surface area contributed by atoms with Gasteiger partial charge in [0, 0.05) is 0 Å². The Morgan fingerprint density at radius 1 is 1.09 bits per heavy atom. The first-order chi connectivity index (χ1) is 10.5. The molecule has 3 saturated heterocycles. The zero-order chi connectivity index (χ0) is 15.3. The summed E-state index contributed by atoms with van der Waals surface area (Å²) in [5, 5.41) is 0. The molecule has 4 aliphatic rings. The molecule has 5 nitrogen and oxygen atoms in total. The van der Waals surface area contributed by atoms with Crippen molar-refractivity contribution in [1.29, 1.82) is 0 Å². The maximum absolute atomic E-state index is 12.9. The molecule has 2 bridgehead atoms. The number of fused-ring (bicyclic) bond motifs is 6. The monoisotopic (exact) mass is 297 g/mol. The number of carbonyl (C=O) groups excluding carboxylic acids is 3. The lowest BCUT2D eigenvalue weighted by Crippen LogP contribution is -2.50. The molecule has 3 aliphatic heterocycles. The van der Waals surface area contributed by atoms with Crippen molar-refractivity contribution in [3.63, 3.8) is 0 Å². The molecule has 1 aromatic carbocycles. The van der Waals surface area contributed by atoms with Gasteiger partial charge in [-0.15, -0.1) is 0 Å². The number of hydrogen-bond acceptors (Lipinski definition) is 4. The highest BCUT2D eigenvalue weighted by atomic mass is 16.5. The van der Waals surface area contributed by atoms with Gasteiger partial charge in [-0.3, -0.25) is 14.4 Å². The van der Waals surface area contributed by atoms with Gasteiger partial charge in [-0.05, 0) is 31.9 Å². The van der Waals surface area contributed by atoms with E-state index in [4.69, 9.17) is 4.74 Å². The molecule has 0 unspecified atom stereocenters. The molecule has 1 saturated carbocycles. The van der Waals surface area contributed by atoms with Crippen LogP contribution < -0.4 is 4.90 Å². The number of rotatable bonds is 1. The van der Waals surface area contributed by atoms with Crippen LogP contribution in [-0.4, -0.2) is 29.3 Å². The number of ketones is 1. The van der Waals surface area contributed by atoms with Crippen LogP contribution in [0, 0.1) is 17.3 Å². The van der Waals surface area contributed by atoms with Crippen molar-refractivity contribution < 1.29 is 19.1 Å². The summed E-state index contributed by atoms with van der Waals surface area (Å²) in [6.07, 6.45) is 0.812. The fourth-order valence-electron chi connectivity index (χ4n) is 4.83. The van der Waals surface area contributed by atoms with Crippen LogP contribution in [-0.2, 0) is 19.1 Å². The Morgan fingerprint density at radius 3 is 2.41 bits per heavy atom. The highest BCUT2D eigenvalue weighted by molar-refractivity contribution is 6.25. The quantitative estimate of drug-likeness (QED) is 0.733. The second-order valence-corrected chi connectivity index (χ2v) is 6.94. The second kappa shape index (κ2) is 3.49. The van der Waals surface area contributed by atoms with Gasteiger partial charge in [0.1, 0.15) is 6.10 Å². The van der Waals surface area contributed by atoms with Crippen LogP contribution in [0.3, 0.4) is 0 Å². The number of nitrogens with zero attached hydrogens (tertiary/aromatic N) is 1. The zero-order valence-electron chi connectivity index (χ0n) is 12.1. The average Bonchev–Trinajstić information content (AvgIpc) is 3.15. The number of imide groups is 1. The predicted octanol–water partition coefficient (Wildman–Crippen LogP) is 1.31. The minimum absolute atomic E-state index is 0.0345. The van der Waals surface area contributed by atoms with Gasteiger partial charge in [0.25, 0.3) is 0 Å². The Balaban J connectivity index is 1.64. The minimum Gasteiger partial charge on any atom is -0.361 e. The minimum atomic E-state index is -0.810. The smallest absolute Gasteiger partial charge is 0.240 e. The summed E-state index contributed by atoms with van der Waals surface area (Å²) in [5.74, 6) is -1.64. The van der Waals surface area contributed by atoms with E-state index in [1.54, 1.807) is 24.3 Å². The molecule has 0 N–H and O–H groups in total. The molecule has 3 heterocycles. The van der Waals surface area contributed by atoms with Crippen molar-refractivity contribution in [3.8, 4) is 0 Å². The second-order valence-electron chi connectivity index (χ2n) is 6.94. The SMILES string of the molecule is C[C@@]12O[C@@H](C(=O)C13CC3)[C@@H]1C(=O)N(c3ccccc3)C(=O)[C@@H]12. The lowest BCUT2D eigenvalue weighted by Gasteiger charge is -2.33. The third-order valence-electron chi connectivity index (χ3n) is 6.09. The van der Waals surface area contributed by atoms with Gasteiger partial charge in [0.2, 0.25) is 11.8 Å². The van der Waals surface area contributed by atoms with E-state index in [0.717, 1.165) is 12.8 Å². The normalized spacial score (nSPS) is 40.7. The van der Waals surface area contributed by atoms with Crippen molar-refractivity contribution in [2.24, 2.45) is 17.3 Å². The van der Waals surface area contributed by atoms with Crippen LogP contribution in [0.2, 0.25) is 0 Å². The third-order valence-corrected chi connectivity index (χ3v) is 6.09. The molecular formula is C17H15NO4. The first-order valence-corrected chi connectivity index (χ1v) is 7.66. The van der Waals surface area contributed by atoms with Gasteiger partial charge in [0.15, 0.2) is 5.78 Å². The van der Waals surface area contributed by atoms with E-state index in [2.05, 4.69) is 0 Å². The number of benzene rings is 1. The van der Waals surface area contributed by atoms with Crippen molar-refractivity contribution in [2.75, 3.05) is 4.90 Å². The van der Waals surface area contributed by atoms with E-state index >= 15 is 0 Å². The Labute approximate surface area is 127 Å². The molecule has 1 aromatic rings. The van der Waals surface area contributed by atoms with Crippen LogP contribution in [0.15, 0.2) is 30.3 Å². The van der Waals surface area contributed by atoms with Gasteiger partial charge in [-0.1, -0.05) is 18.2 Å². The van der Waals surface area contributed by atoms with E-state index in [-0.39, 0.29) is 17.6 Å². The number of hydrogen-bond donors (Lipinski definition) is 0. The fraction of sp³-hybridized carbons (Fsp3) is 0.471. The summed E-state index contributed by atoms with van der Waals surface area (Å²) in [5.41, 5.74) is -0.746. The van der Waals surface area contributed by atoms with Gasteiger partial charge in [0.05, 0.1) is 28.5 Å². The molecule has 4 atom stereocenters. The van der Waals surface area contributed by atoms with Crippen molar-refractivity contribution in [1.82, 2.24) is 0 Å². The molecule has 0 aromatic heterocycles. The van der Waals surface area contributed by atoms with Crippen molar-refractivity contribution >= 4 is 23.3 Å².